The van der Waals surface area contributed by atoms with Crippen LogP contribution in [-0.4, -0.2) is 38.3 Å². The van der Waals surface area contributed by atoms with Crippen molar-refractivity contribution in [3.63, 3.8) is 0 Å². The van der Waals surface area contributed by atoms with Gasteiger partial charge in [-0.15, -0.1) is 5.10 Å². The largest absolute Gasteiger partial charge is 0.467 e. The van der Waals surface area contributed by atoms with Crippen LogP contribution in [0.3, 0.4) is 0 Å². The lowest BCUT2D eigenvalue weighted by Crippen LogP contribution is -2.45. The van der Waals surface area contributed by atoms with Gasteiger partial charge in [0.25, 0.3) is 0 Å². The number of para-hydroxylation sites is 1. The maximum absolute atomic E-state index is 13.6. The molecule has 2 aromatic carbocycles. The molecule has 0 saturated carbocycles. The number of hydrogen-bond donors (Lipinski definition) is 1. The van der Waals surface area contributed by atoms with Crippen molar-refractivity contribution in [2.24, 2.45) is 0 Å². The number of carbonyl (C=O) groups is 2. The summed E-state index contributed by atoms with van der Waals surface area (Å²) in [6, 6.07) is 19.7. The quantitative estimate of drug-likeness (QED) is 0.402. The number of carbonyl (C=O) groups excluding carboxylic acids is 2. The number of unbranched alkanes of at least 4 members (excludes halogenated alkanes) is 1. The van der Waals surface area contributed by atoms with Gasteiger partial charge in [-0.1, -0.05) is 61.0 Å². The number of nitrogens with zero attached hydrogens (tertiary/aromatic N) is 4. The van der Waals surface area contributed by atoms with E-state index in [4.69, 9.17) is 4.42 Å². The normalized spacial score (nSPS) is 11.9. The number of benzene rings is 2. The molecule has 8 nitrogen and oxygen atoms in total. The molecule has 0 aliphatic carbocycles. The predicted octanol–water partition coefficient (Wildman–Crippen LogP) is 3.71. The second kappa shape index (κ2) is 10.6. The Morgan fingerprint density at radius 1 is 1.06 bits per heavy atom. The van der Waals surface area contributed by atoms with Crippen LogP contribution in [-0.2, 0) is 22.7 Å². The summed E-state index contributed by atoms with van der Waals surface area (Å²) < 4.78 is 6.92. The van der Waals surface area contributed by atoms with Crippen molar-refractivity contribution in [1.82, 2.24) is 25.2 Å². The van der Waals surface area contributed by atoms with Gasteiger partial charge in [-0.25, -0.2) is 4.68 Å². The molecule has 1 N–H and O–H groups in total. The Labute approximate surface area is 192 Å². The molecule has 0 unspecified atom stereocenters. The number of nitrogens with one attached hydrogen (secondary N) is 1. The first-order valence-electron chi connectivity index (χ1n) is 11.1. The average molecular weight is 446 g/mol. The first-order chi connectivity index (χ1) is 16.2. The Balaban J connectivity index is 1.61. The molecule has 2 heterocycles. The summed E-state index contributed by atoms with van der Waals surface area (Å²) in [6.07, 6.45) is 3.24. The van der Waals surface area contributed by atoms with Gasteiger partial charge in [0.2, 0.25) is 11.8 Å². The average Bonchev–Trinajstić information content (AvgIpc) is 3.51. The van der Waals surface area contributed by atoms with E-state index in [9.17, 15) is 9.59 Å². The van der Waals surface area contributed by atoms with E-state index >= 15 is 0 Å². The van der Waals surface area contributed by atoms with E-state index < -0.39 is 6.04 Å². The van der Waals surface area contributed by atoms with Gasteiger partial charge >= 0.3 is 0 Å². The summed E-state index contributed by atoms with van der Waals surface area (Å²) in [5, 5.41) is 11.2. The van der Waals surface area contributed by atoms with Crippen molar-refractivity contribution >= 4 is 22.8 Å². The molecule has 2 amide bonds. The van der Waals surface area contributed by atoms with Crippen LogP contribution in [0.25, 0.3) is 11.0 Å². The molecule has 0 fully saturated rings. The van der Waals surface area contributed by atoms with E-state index in [1.807, 2.05) is 54.6 Å². The fraction of sp³-hybridized carbons (Fsp3) is 0.280. The maximum Gasteiger partial charge on any atom is 0.247 e. The van der Waals surface area contributed by atoms with Crippen LogP contribution >= 0.6 is 0 Å². The van der Waals surface area contributed by atoms with Crippen LogP contribution in [0.4, 0.5) is 0 Å². The molecule has 2 aromatic heterocycles. The van der Waals surface area contributed by atoms with Crippen LogP contribution in [0, 0.1) is 0 Å². The molecule has 0 radical (unpaired) electrons. The standard InChI is InChI=1S/C25H27N5O3/c1-2-3-15-29(23(31)18-30-22-14-8-7-13-21(22)27-28-30)24(19-10-5-4-6-11-19)25(32)26-17-20-12-9-16-33-20/h4-14,16,24H,2-3,15,17-18H2,1H3,(H,26,32)/t24-/m0/s1. The Kier molecular flexibility index (Phi) is 7.14. The van der Waals surface area contributed by atoms with Gasteiger partial charge in [0.1, 0.15) is 23.9 Å². The third-order valence-electron chi connectivity index (χ3n) is 5.47. The third kappa shape index (κ3) is 5.28. The zero-order valence-electron chi connectivity index (χ0n) is 18.6. The van der Waals surface area contributed by atoms with Crippen molar-refractivity contribution in [2.45, 2.75) is 38.9 Å². The molecule has 0 spiro atoms. The van der Waals surface area contributed by atoms with Gasteiger partial charge in [-0.2, -0.15) is 0 Å². The molecule has 0 bridgehead atoms. The van der Waals surface area contributed by atoms with Crippen LogP contribution in [0.5, 0.6) is 0 Å². The van der Waals surface area contributed by atoms with Gasteiger partial charge in [0.15, 0.2) is 0 Å². The van der Waals surface area contributed by atoms with E-state index in [0.29, 0.717) is 12.3 Å². The van der Waals surface area contributed by atoms with Gasteiger partial charge in [0.05, 0.1) is 18.3 Å². The van der Waals surface area contributed by atoms with Crippen molar-refractivity contribution < 1.29 is 14.0 Å². The van der Waals surface area contributed by atoms with Crippen LogP contribution in [0.2, 0.25) is 0 Å². The molecule has 0 aliphatic rings. The second-order valence-corrected chi connectivity index (χ2v) is 7.79. The highest BCUT2D eigenvalue weighted by Gasteiger charge is 2.31. The van der Waals surface area contributed by atoms with E-state index in [2.05, 4.69) is 22.6 Å². The van der Waals surface area contributed by atoms with E-state index in [1.54, 1.807) is 28.0 Å². The minimum atomic E-state index is -0.769. The maximum atomic E-state index is 13.6. The molecular weight excluding hydrogens is 418 g/mol. The van der Waals surface area contributed by atoms with Crippen molar-refractivity contribution in [3.05, 3.63) is 84.3 Å². The molecule has 4 rings (SSSR count). The predicted molar refractivity (Wildman–Crippen MR) is 124 cm³/mol. The number of rotatable bonds is 10. The smallest absolute Gasteiger partial charge is 0.247 e. The number of furan rings is 1. The number of amides is 2. The van der Waals surface area contributed by atoms with Crippen molar-refractivity contribution in [3.8, 4) is 0 Å². The van der Waals surface area contributed by atoms with E-state index in [0.717, 1.165) is 29.4 Å². The third-order valence-corrected chi connectivity index (χ3v) is 5.47. The Morgan fingerprint density at radius 3 is 2.61 bits per heavy atom. The van der Waals surface area contributed by atoms with E-state index in [1.165, 1.54) is 0 Å². The highest BCUT2D eigenvalue weighted by molar-refractivity contribution is 5.89. The van der Waals surface area contributed by atoms with Crippen LogP contribution < -0.4 is 5.32 Å². The highest BCUT2D eigenvalue weighted by atomic mass is 16.3. The van der Waals surface area contributed by atoms with Crippen LogP contribution in [0.15, 0.2) is 77.4 Å². The molecule has 1 atom stereocenters. The fourth-order valence-electron chi connectivity index (χ4n) is 3.77. The van der Waals surface area contributed by atoms with Gasteiger partial charge in [-0.05, 0) is 36.2 Å². The fourth-order valence-corrected chi connectivity index (χ4v) is 3.77. The summed E-state index contributed by atoms with van der Waals surface area (Å²) in [5.74, 6) is 0.197. The summed E-state index contributed by atoms with van der Waals surface area (Å²) in [6.45, 7) is 2.76. The Morgan fingerprint density at radius 2 is 1.85 bits per heavy atom. The monoisotopic (exact) mass is 445 g/mol. The van der Waals surface area contributed by atoms with Gasteiger partial charge < -0.3 is 14.6 Å². The van der Waals surface area contributed by atoms with Crippen molar-refractivity contribution in [1.29, 1.82) is 0 Å². The molecule has 33 heavy (non-hydrogen) atoms. The Bertz CT molecular complexity index is 1190. The minimum Gasteiger partial charge on any atom is -0.467 e. The second-order valence-electron chi connectivity index (χ2n) is 7.79. The minimum absolute atomic E-state index is 0.000967. The summed E-state index contributed by atoms with van der Waals surface area (Å²) in [5.41, 5.74) is 2.25. The topological polar surface area (TPSA) is 93.3 Å². The number of aromatic nitrogens is 3. The number of fused-ring (bicyclic) bond motifs is 1. The Hall–Kier alpha value is -3.94. The zero-order valence-corrected chi connectivity index (χ0v) is 18.6. The summed E-state index contributed by atoms with van der Waals surface area (Å²) >= 11 is 0. The van der Waals surface area contributed by atoms with Gasteiger partial charge in [-0.3, -0.25) is 9.59 Å². The molecular formula is C25H27N5O3. The summed E-state index contributed by atoms with van der Waals surface area (Å²) in [4.78, 5) is 28.6. The van der Waals surface area contributed by atoms with Gasteiger partial charge in [0, 0.05) is 6.54 Å². The lowest BCUT2D eigenvalue weighted by Gasteiger charge is -2.31. The molecule has 170 valence electrons. The number of hydrogen-bond acceptors (Lipinski definition) is 5. The molecule has 0 saturated heterocycles. The lowest BCUT2D eigenvalue weighted by atomic mass is 10.0. The van der Waals surface area contributed by atoms with E-state index in [-0.39, 0.29) is 24.9 Å². The molecule has 0 aliphatic heterocycles. The zero-order chi connectivity index (χ0) is 23.0. The van der Waals surface area contributed by atoms with Crippen LogP contribution in [0.1, 0.15) is 37.1 Å². The highest BCUT2D eigenvalue weighted by Crippen LogP contribution is 2.23. The lowest BCUT2D eigenvalue weighted by molar-refractivity contribution is -0.141. The SMILES string of the molecule is CCCCN(C(=O)Cn1nnc2ccccc21)[C@H](C(=O)NCc1ccco1)c1ccccc1. The first-order valence-corrected chi connectivity index (χ1v) is 11.1. The van der Waals surface area contributed by atoms with Crippen molar-refractivity contribution in [2.75, 3.05) is 6.54 Å². The summed E-state index contributed by atoms with van der Waals surface area (Å²) in [7, 11) is 0. The molecule has 4 aromatic rings. The first kappa shape index (κ1) is 22.3. The molecule has 8 heteroatoms.